The second kappa shape index (κ2) is 5.66. The van der Waals surface area contributed by atoms with Crippen LogP contribution in [0.4, 0.5) is 26.3 Å². The molecule has 0 fully saturated rings. The summed E-state index contributed by atoms with van der Waals surface area (Å²) in [5, 5.41) is 0. The van der Waals surface area contributed by atoms with E-state index < -0.39 is 29.5 Å². The highest BCUT2D eigenvalue weighted by Crippen LogP contribution is 2.44. The van der Waals surface area contributed by atoms with Gasteiger partial charge in [-0.15, -0.1) is 12.4 Å². The summed E-state index contributed by atoms with van der Waals surface area (Å²) in [4.78, 5) is 0. The van der Waals surface area contributed by atoms with Crippen molar-refractivity contribution >= 4 is 28.3 Å². The van der Waals surface area contributed by atoms with Crippen LogP contribution < -0.4 is 5.73 Å². The average molecular weight is 359 g/mol. The van der Waals surface area contributed by atoms with Crippen molar-refractivity contribution in [2.45, 2.75) is 18.1 Å². The Kier molecular flexibility index (Phi) is 5.52. The van der Waals surface area contributed by atoms with Gasteiger partial charge in [-0.05, 0) is 22.0 Å². The van der Waals surface area contributed by atoms with Crippen LogP contribution in [0.2, 0.25) is 0 Å². The molecule has 0 amide bonds. The maximum Gasteiger partial charge on any atom is 0.455 e. The lowest BCUT2D eigenvalue weighted by molar-refractivity contribution is -0.291. The second-order valence-electron chi connectivity index (χ2n) is 3.24. The van der Waals surface area contributed by atoms with Gasteiger partial charge in [0.25, 0.3) is 0 Å². The van der Waals surface area contributed by atoms with Crippen molar-refractivity contribution in [3.8, 4) is 0 Å². The Morgan fingerprint density at radius 2 is 1.61 bits per heavy atom. The number of benzene rings is 1. The predicted octanol–water partition coefficient (Wildman–Crippen LogP) is 4.21. The number of rotatable bonds is 2. The van der Waals surface area contributed by atoms with E-state index >= 15 is 0 Å². The van der Waals surface area contributed by atoms with E-state index in [2.05, 4.69) is 15.9 Å². The van der Waals surface area contributed by atoms with E-state index in [9.17, 15) is 26.3 Å². The molecule has 0 saturated heterocycles. The molecule has 0 aliphatic carbocycles. The first-order valence-corrected chi connectivity index (χ1v) is 5.02. The van der Waals surface area contributed by atoms with Crippen molar-refractivity contribution in [1.29, 1.82) is 0 Å². The summed E-state index contributed by atoms with van der Waals surface area (Å²) in [5.41, 5.74) is 3.90. The van der Waals surface area contributed by atoms with Crippen LogP contribution in [-0.4, -0.2) is 12.1 Å². The predicted molar refractivity (Wildman–Crippen MR) is 59.3 cm³/mol. The van der Waals surface area contributed by atoms with Gasteiger partial charge in [0.2, 0.25) is 0 Å². The standard InChI is InChI=1S/C9H6BrF6N.ClH/c10-5-3-1-2-4(6(5)11)7(17)8(12,13)9(14,15)16;/h1-3,7H,17H2;1H/t7-;/m1./s1. The van der Waals surface area contributed by atoms with E-state index in [0.29, 0.717) is 0 Å². The first kappa shape index (κ1) is 17.5. The molecular weight excluding hydrogens is 351 g/mol. The number of nitrogens with two attached hydrogens (primary N) is 1. The van der Waals surface area contributed by atoms with Crippen molar-refractivity contribution in [2.24, 2.45) is 5.73 Å². The highest BCUT2D eigenvalue weighted by Gasteiger charge is 2.62. The topological polar surface area (TPSA) is 26.0 Å². The van der Waals surface area contributed by atoms with Gasteiger partial charge in [-0.3, -0.25) is 0 Å². The Bertz CT molecular complexity index is 422. The molecule has 1 nitrogen and oxygen atoms in total. The molecule has 0 spiro atoms. The van der Waals surface area contributed by atoms with E-state index in [-0.39, 0.29) is 16.9 Å². The summed E-state index contributed by atoms with van der Waals surface area (Å²) in [6.45, 7) is 0. The lowest BCUT2D eigenvalue weighted by Gasteiger charge is -2.26. The van der Waals surface area contributed by atoms with Crippen LogP contribution in [0, 0.1) is 5.82 Å². The lowest BCUT2D eigenvalue weighted by atomic mass is 10.0. The first-order chi connectivity index (χ1) is 7.59. The number of alkyl halides is 5. The number of hydrogen-bond acceptors (Lipinski definition) is 1. The summed E-state index contributed by atoms with van der Waals surface area (Å²) < 4.78 is 75.0. The molecule has 0 aliphatic heterocycles. The van der Waals surface area contributed by atoms with Gasteiger partial charge >= 0.3 is 12.1 Å². The molecule has 1 rings (SSSR count). The van der Waals surface area contributed by atoms with Gasteiger partial charge in [0.1, 0.15) is 11.9 Å². The Morgan fingerprint density at radius 1 is 1.11 bits per heavy atom. The molecule has 0 bridgehead atoms. The molecule has 0 saturated carbocycles. The normalized spacial score (nSPS) is 14.0. The van der Waals surface area contributed by atoms with Gasteiger partial charge in [-0.1, -0.05) is 12.1 Å². The Morgan fingerprint density at radius 3 is 2.06 bits per heavy atom. The fraction of sp³-hybridized carbons (Fsp3) is 0.333. The maximum absolute atomic E-state index is 13.3. The van der Waals surface area contributed by atoms with Crippen LogP contribution in [0.15, 0.2) is 22.7 Å². The molecule has 1 atom stereocenters. The minimum Gasteiger partial charge on any atom is -0.319 e. The summed E-state index contributed by atoms with van der Waals surface area (Å²) in [6.07, 6.45) is -5.83. The van der Waals surface area contributed by atoms with Gasteiger partial charge in [-0.2, -0.15) is 22.0 Å². The average Bonchev–Trinajstić information content (AvgIpc) is 2.19. The van der Waals surface area contributed by atoms with Gasteiger partial charge in [-0.25, -0.2) is 4.39 Å². The number of halogens is 8. The van der Waals surface area contributed by atoms with Crippen molar-refractivity contribution in [3.05, 3.63) is 34.1 Å². The van der Waals surface area contributed by atoms with Crippen molar-refractivity contribution in [2.75, 3.05) is 0 Å². The Balaban J connectivity index is 0.00000289. The zero-order valence-electron chi connectivity index (χ0n) is 8.44. The van der Waals surface area contributed by atoms with Crippen molar-refractivity contribution < 1.29 is 26.3 Å². The van der Waals surface area contributed by atoms with Crippen molar-refractivity contribution in [1.82, 2.24) is 0 Å². The summed E-state index contributed by atoms with van der Waals surface area (Å²) in [6, 6.07) is 0.274. The molecule has 1 aromatic carbocycles. The maximum atomic E-state index is 13.3. The summed E-state index contributed by atoms with van der Waals surface area (Å²) in [5.74, 6) is -6.43. The molecular formula is C9H7BrClF6N. The molecule has 2 N–H and O–H groups in total. The van der Waals surface area contributed by atoms with Crippen molar-refractivity contribution in [3.63, 3.8) is 0 Å². The summed E-state index contributed by atoms with van der Waals surface area (Å²) in [7, 11) is 0. The van der Waals surface area contributed by atoms with E-state index in [1.165, 1.54) is 0 Å². The van der Waals surface area contributed by atoms with E-state index in [1.54, 1.807) is 0 Å². The Hall–Kier alpha value is -0.470. The molecule has 18 heavy (non-hydrogen) atoms. The third-order valence-corrected chi connectivity index (χ3v) is 2.70. The minimum absolute atomic E-state index is 0. The quantitative estimate of drug-likeness (QED) is 0.788. The monoisotopic (exact) mass is 357 g/mol. The molecule has 0 aromatic heterocycles. The van der Waals surface area contributed by atoms with E-state index in [0.717, 1.165) is 18.2 Å². The fourth-order valence-corrected chi connectivity index (χ4v) is 1.51. The second-order valence-corrected chi connectivity index (χ2v) is 4.10. The van der Waals surface area contributed by atoms with Gasteiger partial charge in [0.15, 0.2) is 0 Å². The first-order valence-electron chi connectivity index (χ1n) is 4.23. The number of hydrogen-bond donors (Lipinski definition) is 1. The zero-order valence-corrected chi connectivity index (χ0v) is 10.8. The molecule has 0 radical (unpaired) electrons. The van der Waals surface area contributed by atoms with Gasteiger partial charge in [0, 0.05) is 5.56 Å². The van der Waals surface area contributed by atoms with Crippen LogP contribution in [0.5, 0.6) is 0 Å². The van der Waals surface area contributed by atoms with Crippen LogP contribution in [0.1, 0.15) is 11.6 Å². The van der Waals surface area contributed by atoms with E-state index in [4.69, 9.17) is 5.73 Å². The molecule has 104 valence electrons. The third-order valence-electron chi connectivity index (χ3n) is 2.09. The van der Waals surface area contributed by atoms with Gasteiger partial charge < -0.3 is 5.73 Å². The van der Waals surface area contributed by atoms with Crippen LogP contribution in [0.25, 0.3) is 0 Å². The molecule has 0 heterocycles. The van der Waals surface area contributed by atoms with Gasteiger partial charge in [0.05, 0.1) is 4.47 Å². The van der Waals surface area contributed by atoms with Crippen LogP contribution in [0.3, 0.4) is 0 Å². The highest BCUT2D eigenvalue weighted by atomic mass is 79.9. The fourth-order valence-electron chi connectivity index (χ4n) is 1.13. The largest absolute Gasteiger partial charge is 0.455 e. The lowest BCUT2D eigenvalue weighted by Crippen LogP contribution is -2.46. The minimum atomic E-state index is -5.83. The van der Waals surface area contributed by atoms with Crippen LogP contribution in [-0.2, 0) is 0 Å². The summed E-state index contributed by atoms with van der Waals surface area (Å²) >= 11 is 2.67. The smallest absolute Gasteiger partial charge is 0.319 e. The van der Waals surface area contributed by atoms with Crippen LogP contribution >= 0.6 is 28.3 Å². The molecule has 0 unspecified atom stereocenters. The SMILES string of the molecule is Cl.N[C@H](c1cccc(Br)c1F)C(F)(F)C(F)(F)F. The Labute approximate surface area is 113 Å². The third kappa shape index (κ3) is 3.10. The highest BCUT2D eigenvalue weighted by molar-refractivity contribution is 9.10. The molecule has 1 aromatic rings. The molecule has 0 aliphatic rings. The van der Waals surface area contributed by atoms with E-state index in [1.807, 2.05) is 0 Å². The zero-order chi connectivity index (χ0) is 13.4. The molecule has 9 heteroatoms.